The van der Waals surface area contributed by atoms with E-state index in [1.54, 1.807) is 46.5 Å². The standard InChI is InChI=1S/C21H21N5O2/c27-20(24-18-4-2-1-3-5-18)16-8-11-25(12-9-16)21(28)17-6-7-19(23-14-17)26-13-10-22-15-26/h1-7,10,13-16H,8-9,11-12H2,(H,24,27). The van der Waals surface area contributed by atoms with Gasteiger partial charge in [-0.15, -0.1) is 0 Å². The third-order valence-corrected chi connectivity index (χ3v) is 4.96. The van der Waals surface area contributed by atoms with Crippen LogP contribution in [0, 0.1) is 5.92 Å². The monoisotopic (exact) mass is 375 g/mol. The molecule has 1 N–H and O–H groups in total. The highest BCUT2D eigenvalue weighted by Gasteiger charge is 2.28. The number of amides is 2. The Kier molecular flexibility index (Phi) is 5.14. The van der Waals surface area contributed by atoms with Crippen molar-refractivity contribution in [2.24, 2.45) is 5.92 Å². The van der Waals surface area contributed by atoms with Gasteiger partial charge in [0.25, 0.3) is 5.91 Å². The molecule has 1 aliphatic heterocycles. The van der Waals surface area contributed by atoms with Crippen molar-refractivity contribution in [3.05, 3.63) is 72.9 Å². The van der Waals surface area contributed by atoms with Crippen LogP contribution in [0.5, 0.6) is 0 Å². The van der Waals surface area contributed by atoms with E-state index < -0.39 is 0 Å². The van der Waals surface area contributed by atoms with Gasteiger partial charge in [0, 0.05) is 43.3 Å². The predicted molar refractivity (Wildman–Crippen MR) is 105 cm³/mol. The number of aromatic nitrogens is 3. The Morgan fingerprint density at radius 2 is 1.82 bits per heavy atom. The molecule has 0 spiro atoms. The van der Waals surface area contributed by atoms with E-state index >= 15 is 0 Å². The fourth-order valence-corrected chi connectivity index (χ4v) is 3.35. The van der Waals surface area contributed by atoms with E-state index in [9.17, 15) is 9.59 Å². The molecule has 7 nitrogen and oxygen atoms in total. The minimum atomic E-state index is -0.0778. The largest absolute Gasteiger partial charge is 0.339 e. The molecule has 4 rings (SSSR count). The van der Waals surface area contributed by atoms with Gasteiger partial charge in [-0.3, -0.25) is 14.2 Å². The Labute approximate surface area is 163 Å². The molecule has 0 saturated carbocycles. The van der Waals surface area contributed by atoms with Gasteiger partial charge in [-0.05, 0) is 37.1 Å². The molecular weight excluding hydrogens is 354 g/mol. The fourth-order valence-electron chi connectivity index (χ4n) is 3.35. The number of nitrogens with zero attached hydrogens (tertiary/aromatic N) is 4. The summed E-state index contributed by atoms with van der Waals surface area (Å²) in [5.41, 5.74) is 1.35. The van der Waals surface area contributed by atoms with E-state index in [0.717, 1.165) is 5.69 Å². The summed E-state index contributed by atoms with van der Waals surface area (Å²) in [6, 6.07) is 13.0. The minimum absolute atomic E-state index is 0.0182. The summed E-state index contributed by atoms with van der Waals surface area (Å²) in [6.07, 6.45) is 8.05. The Morgan fingerprint density at radius 3 is 2.46 bits per heavy atom. The summed E-state index contributed by atoms with van der Waals surface area (Å²) in [4.78, 5) is 35.3. The van der Waals surface area contributed by atoms with Crippen molar-refractivity contribution in [2.75, 3.05) is 18.4 Å². The molecule has 0 unspecified atom stereocenters. The highest BCUT2D eigenvalue weighted by Crippen LogP contribution is 2.21. The molecule has 1 aromatic carbocycles. The van der Waals surface area contributed by atoms with Crippen LogP contribution in [0.15, 0.2) is 67.4 Å². The van der Waals surface area contributed by atoms with Gasteiger partial charge in [0.2, 0.25) is 5.91 Å². The van der Waals surface area contributed by atoms with Gasteiger partial charge < -0.3 is 10.2 Å². The van der Waals surface area contributed by atoms with Gasteiger partial charge in [0.05, 0.1) is 5.56 Å². The third kappa shape index (κ3) is 3.93. The molecule has 0 atom stereocenters. The number of benzene rings is 1. The quantitative estimate of drug-likeness (QED) is 0.760. The normalized spacial score (nSPS) is 14.6. The molecule has 1 aliphatic rings. The van der Waals surface area contributed by atoms with Gasteiger partial charge in [-0.1, -0.05) is 18.2 Å². The number of anilines is 1. The summed E-state index contributed by atoms with van der Waals surface area (Å²) >= 11 is 0. The van der Waals surface area contributed by atoms with Crippen molar-refractivity contribution in [3.8, 4) is 5.82 Å². The van der Waals surface area contributed by atoms with Crippen LogP contribution in [0.4, 0.5) is 5.69 Å². The van der Waals surface area contributed by atoms with Crippen LogP contribution < -0.4 is 5.32 Å². The smallest absolute Gasteiger partial charge is 0.255 e. The molecule has 1 fully saturated rings. The highest BCUT2D eigenvalue weighted by atomic mass is 16.2. The molecule has 0 bridgehead atoms. The van der Waals surface area contributed by atoms with Crippen LogP contribution in [-0.4, -0.2) is 44.3 Å². The molecular formula is C21H21N5O2. The lowest BCUT2D eigenvalue weighted by molar-refractivity contribution is -0.121. The van der Waals surface area contributed by atoms with Crippen molar-refractivity contribution >= 4 is 17.5 Å². The zero-order valence-electron chi connectivity index (χ0n) is 15.4. The third-order valence-electron chi connectivity index (χ3n) is 4.96. The van der Waals surface area contributed by atoms with Crippen molar-refractivity contribution in [1.29, 1.82) is 0 Å². The predicted octanol–water partition coefficient (Wildman–Crippen LogP) is 2.76. The number of rotatable bonds is 4. The van der Waals surface area contributed by atoms with Crippen molar-refractivity contribution in [1.82, 2.24) is 19.4 Å². The van der Waals surface area contributed by atoms with E-state index in [1.165, 1.54) is 0 Å². The number of para-hydroxylation sites is 1. The second-order valence-corrected chi connectivity index (χ2v) is 6.80. The molecule has 0 aliphatic carbocycles. The molecule has 2 aromatic heterocycles. The first-order chi connectivity index (χ1) is 13.7. The first-order valence-electron chi connectivity index (χ1n) is 9.30. The molecule has 2 amide bonds. The molecule has 142 valence electrons. The Bertz CT molecular complexity index is 931. The molecule has 7 heteroatoms. The zero-order valence-corrected chi connectivity index (χ0v) is 15.4. The van der Waals surface area contributed by atoms with E-state index in [2.05, 4.69) is 15.3 Å². The highest BCUT2D eigenvalue weighted by molar-refractivity contribution is 5.95. The summed E-state index contributed by atoms with van der Waals surface area (Å²) in [5, 5.41) is 2.95. The second kappa shape index (κ2) is 8.04. The topological polar surface area (TPSA) is 80.1 Å². The van der Waals surface area contributed by atoms with Crippen LogP contribution in [0.2, 0.25) is 0 Å². The summed E-state index contributed by atoms with van der Waals surface area (Å²) in [7, 11) is 0. The maximum atomic E-state index is 12.7. The summed E-state index contributed by atoms with van der Waals surface area (Å²) < 4.78 is 1.78. The van der Waals surface area contributed by atoms with Crippen molar-refractivity contribution in [3.63, 3.8) is 0 Å². The zero-order chi connectivity index (χ0) is 19.3. The molecule has 1 saturated heterocycles. The van der Waals surface area contributed by atoms with Crippen LogP contribution >= 0.6 is 0 Å². The second-order valence-electron chi connectivity index (χ2n) is 6.80. The average molecular weight is 375 g/mol. The van der Waals surface area contributed by atoms with E-state index in [1.807, 2.05) is 30.3 Å². The maximum absolute atomic E-state index is 12.7. The number of imidazole rings is 1. The Balaban J connectivity index is 1.33. The van der Waals surface area contributed by atoms with Crippen LogP contribution in [0.1, 0.15) is 23.2 Å². The number of hydrogen-bond acceptors (Lipinski definition) is 4. The number of hydrogen-bond donors (Lipinski definition) is 1. The SMILES string of the molecule is O=C(Nc1ccccc1)C1CCN(C(=O)c2ccc(-n3ccnc3)nc2)CC1. The molecule has 0 radical (unpaired) electrons. The van der Waals surface area contributed by atoms with Gasteiger partial charge in [0.15, 0.2) is 0 Å². The molecule has 28 heavy (non-hydrogen) atoms. The van der Waals surface area contributed by atoms with Gasteiger partial charge >= 0.3 is 0 Å². The minimum Gasteiger partial charge on any atom is -0.339 e. The molecule has 3 aromatic rings. The van der Waals surface area contributed by atoms with E-state index in [0.29, 0.717) is 37.3 Å². The Morgan fingerprint density at radius 1 is 1.04 bits per heavy atom. The van der Waals surface area contributed by atoms with Gasteiger partial charge in [-0.2, -0.15) is 0 Å². The number of nitrogens with one attached hydrogen (secondary N) is 1. The number of pyridine rings is 1. The molecule has 3 heterocycles. The van der Waals surface area contributed by atoms with Crippen molar-refractivity contribution in [2.45, 2.75) is 12.8 Å². The number of carbonyl (C=O) groups is 2. The van der Waals surface area contributed by atoms with Crippen molar-refractivity contribution < 1.29 is 9.59 Å². The maximum Gasteiger partial charge on any atom is 0.255 e. The number of piperidine rings is 1. The van der Waals surface area contributed by atoms with Crippen LogP contribution in [-0.2, 0) is 4.79 Å². The summed E-state index contributed by atoms with van der Waals surface area (Å²) in [6.45, 7) is 1.13. The fraction of sp³-hybridized carbons (Fsp3) is 0.238. The lowest BCUT2D eigenvalue weighted by Crippen LogP contribution is -2.41. The first-order valence-corrected chi connectivity index (χ1v) is 9.30. The van der Waals surface area contributed by atoms with E-state index in [4.69, 9.17) is 0 Å². The van der Waals surface area contributed by atoms with E-state index in [-0.39, 0.29) is 17.7 Å². The average Bonchev–Trinajstić information content (AvgIpc) is 3.29. The van der Waals surface area contributed by atoms with Gasteiger partial charge in [-0.25, -0.2) is 9.97 Å². The van der Waals surface area contributed by atoms with Crippen LogP contribution in [0.25, 0.3) is 5.82 Å². The lowest BCUT2D eigenvalue weighted by Gasteiger charge is -2.31. The van der Waals surface area contributed by atoms with Crippen LogP contribution in [0.3, 0.4) is 0 Å². The van der Waals surface area contributed by atoms with Gasteiger partial charge in [0.1, 0.15) is 12.1 Å². The lowest BCUT2D eigenvalue weighted by atomic mass is 9.95. The summed E-state index contributed by atoms with van der Waals surface area (Å²) in [5.74, 6) is 0.604. The number of likely N-dealkylation sites (tertiary alicyclic amines) is 1. The Hall–Kier alpha value is -3.48. The number of carbonyl (C=O) groups excluding carboxylic acids is 2. The first kappa shape index (κ1) is 17.9.